The molecule has 0 saturated heterocycles. The highest BCUT2D eigenvalue weighted by molar-refractivity contribution is 5.98. The highest BCUT2D eigenvalue weighted by Gasteiger charge is 2.20. The lowest BCUT2D eigenvalue weighted by Crippen LogP contribution is -2.07. The third kappa shape index (κ3) is 1.75. The Kier molecular flexibility index (Phi) is 3.04. The van der Waals surface area contributed by atoms with E-state index in [1.165, 1.54) is 0 Å². The molecule has 1 saturated carbocycles. The molecule has 0 amide bonds. The first-order valence-corrected chi connectivity index (χ1v) is 4.50. The van der Waals surface area contributed by atoms with Crippen LogP contribution in [0.25, 0.3) is 0 Å². The molecule has 0 aromatic carbocycles. The van der Waals surface area contributed by atoms with Gasteiger partial charge in [0.05, 0.1) is 0 Å². The summed E-state index contributed by atoms with van der Waals surface area (Å²) in [5.41, 5.74) is 2.05. The minimum atomic E-state index is 0.141. The van der Waals surface area contributed by atoms with Crippen LogP contribution in [0.4, 0.5) is 0 Å². The van der Waals surface area contributed by atoms with Crippen LogP contribution in [-0.2, 0) is 4.79 Å². The van der Waals surface area contributed by atoms with Crippen LogP contribution >= 0.6 is 0 Å². The van der Waals surface area contributed by atoms with Gasteiger partial charge in [0.1, 0.15) is 0 Å². The van der Waals surface area contributed by atoms with Crippen molar-refractivity contribution in [3.05, 3.63) is 11.1 Å². The molecular weight excluding hydrogens is 152 g/mol. The smallest absolute Gasteiger partial charge is 0.158 e. The number of hydrogen-bond donors (Lipinski definition) is 1. The third-order valence-corrected chi connectivity index (χ3v) is 2.66. The van der Waals surface area contributed by atoms with E-state index in [4.69, 9.17) is 5.11 Å². The van der Waals surface area contributed by atoms with Crippen molar-refractivity contribution in [1.82, 2.24) is 0 Å². The summed E-state index contributed by atoms with van der Waals surface area (Å²) >= 11 is 0. The van der Waals surface area contributed by atoms with Crippen LogP contribution in [0, 0.1) is 5.92 Å². The molecule has 0 aromatic rings. The molecule has 1 aliphatic carbocycles. The Bertz CT molecular complexity index is 216. The molecular formula is C10H16O2. The van der Waals surface area contributed by atoms with Crippen molar-refractivity contribution in [2.75, 3.05) is 6.61 Å². The Morgan fingerprint density at radius 1 is 1.58 bits per heavy atom. The summed E-state index contributed by atoms with van der Waals surface area (Å²) in [5.74, 6) is 0.426. The molecule has 1 aliphatic rings. The van der Waals surface area contributed by atoms with Gasteiger partial charge in [-0.1, -0.05) is 12.5 Å². The Morgan fingerprint density at radius 2 is 2.25 bits per heavy atom. The molecule has 1 fully saturated rings. The fourth-order valence-corrected chi connectivity index (χ4v) is 1.57. The van der Waals surface area contributed by atoms with Crippen molar-refractivity contribution >= 4 is 5.78 Å². The third-order valence-electron chi connectivity index (χ3n) is 2.66. The lowest BCUT2D eigenvalue weighted by atomic mass is 9.96. The summed E-state index contributed by atoms with van der Waals surface area (Å²) in [6.45, 7) is 4.05. The van der Waals surface area contributed by atoms with Crippen LogP contribution in [0.15, 0.2) is 11.1 Å². The van der Waals surface area contributed by atoms with Gasteiger partial charge in [-0.3, -0.25) is 4.79 Å². The van der Waals surface area contributed by atoms with Gasteiger partial charge < -0.3 is 5.11 Å². The normalized spacial score (nSPS) is 24.4. The minimum absolute atomic E-state index is 0.141. The number of Topliss-reactive ketones (excluding diaryl/α,β-unsaturated/α-hetero) is 1. The molecule has 1 rings (SSSR count). The van der Waals surface area contributed by atoms with E-state index in [0.29, 0.717) is 6.42 Å². The Labute approximate surface area is 73.3 Å². The highest BCUT2D eigenvalue weighted by atomic mass is 16.3. The minimum Gasteiger partial charge on any atom is -0.396 e. The zero-order valence-electron chi connectivity index (χ0n) is 7.76. The second kappa shape index (κ2) is 3.85. The predicted octanol–water partition coefficient (Wildman–Crippen LogP) is 1.68. The lowest BCUT2D eigenvalue weighted by Gasteiger charge is -2.10. The number of carbonyl (C=O) groups is 1. The Hall–Kier alpha value is -0.630. The quantitative estimate of drug-likeness (QED) is 0.637. The molecule has 12 heavy (non-hydrogen) atoms. The lowest BCUT2D eigenvalue weighted by molar-refractivity contribution is -0.114. The van der Waals surface area contributed by atoms with Gasteiger partial charge in [0, 0.05) is 18.9 Å². The summed E-state index contributed by atoms with van der Waals surface area (Å²) < 4.78 is 0. The number of aliphatic hydroxyl groups is 1. The van der Waals surface area contributed by atoms with Crippen molar-refractivity contribution < 1.29 is 9.90 Å². The van der Waals surface area contributed by atoms with Gasteiger partial charge >= 0.3 is 0 Å². The zero-order chi connectivity index (χ0) is 9.14. The van der Waals surface area contributed by atoms with E-state index >= 15 is 0 Å². The fourth-order valence-electron chi connectivity index (χ4n) is 1.57. The summed E-state index contributed by atoms with van der Waals surface area (Å²) in [6, 6.07) is 0. The van der Waals surface area contributed by atoms with Crippen molar-refractivity contribution in [3.63, 3.8) is 0 Å². The summed E-state index contributed by atoms with van der Waals surface area (Å²) in [6.07, 6.45) is 2.60. The van der Waals surface area contributed by atoms with Crippen LogP contribution < -0.4 is 0 Å². The van der Waals surface area contributed by atoms with Crippen LogP contribution in [0.2, 0.25) is 0 Å². The number of aliphatic hydroxyl groups excluding tert-OH is 1. The average Bonchev–Trinajstić information content (AvgIpc) is 2.48. The topological polar surface area (TPSA) is 37.3 Å². The number of carbonyl (C=O) groups excluding carboxylic acids is 1. The molecule has 0 heterocycles. The van der Waals surface area contributed by atoms with E-state index in [9.17, 15) is 4.79 Å². The van der Waals surface area contributed by atoms with Gasteiger partial charge in [-0.2, -0.15) is 0 Å². The maximum absolute atomic E-state index is 11.3. The van der Waals surface area contributed by atoms with Crippen molar-refractivity contribution in [2.45, 2.75) is 33.1 Å². The molecule has 0 aliphatic heterocycles. The van der Waals surface area contributed by atoms with Gasteiger partial charge in [0.15, 0.2) is 5.78 Å². The first kappa shape index (κ1) is 9.46. The monoisotopic (exact) mass is 168 g/mol. The number of hydrogen-bond acceptors (Lipinski definition) is 2. The van der Waals surface area contributed by atoms with Crippen LogP contribution in [0.1, 0.15) is 33.1 Å². The predicted molar refractivity (Wildman–Crippen MR) is 47.8 cm³/mol. The highest BCUT2D eigenvalue weighted by Crippen LogP contribution is 2.26. The molecule has 0 radical (unpaired) electrons. The van der Waals surface area contributed by atoms with Gasteiger partial charge in [0.25, 0.3) is 0 Å². The second-order valence-electron chi connectivity index (χ2n) is 3.52. The molecule has 0 aromatic heterocycles. The van der Waals surface area contributed by atoms with Crippen LogP contribution in [0.5, 0.6) is 0 Å². The van der Waals surface area contributed by atoms with Crippen LogP contribution in [0.3, 0.4) is 0 Å². The van der Waals surface area contributed by atoms with E-state index in [2.05, 4.69) is 0 Å². The van der Waals surface area contributed by atoms with E-state index in [1.54, 1.807) is 0 Å². The molecule has 2 nitrogen and oxygen atoms in total. The maximum Gasteiger partial charge on any atom is 0.158 e. The van der Waals surface area contributed by atoms with Crippen molar-refractivity contribution in [2.24, 2.45) is 5.92 Å². The Morgan fingerprint density at radius 3 is 2.67 bits per heavy atom. The average molecular weight is 168 g/mol. The first-order valence-electron chi connectivity index (χ1n) is 4.50. The van der Waals surface area contributed by atoms with Gasteiger partial charge in [-0.15, -0.1) is 0 Å². The summed E-state index contributed by atoms with van der Waals surface area (Å²) in [5, 5.41) is 8.91. The molecule has 1 atom stereocenters. The van der Waals surface area contributed by atoms with E-state index in [0.717, 1.165) is 24.0 Å². The van der Waals surface area contributed by atoms with Gasteiger partial charge in [0.2, 0.25) is 0 Å². The fraction of sp³-hybridized carbons (Fsp3) is 0.700. The molecule has 1 unspecified atom stereocenters. The molecule has 0 spiro atoms. The summed E-state index contributed by atoms with van der Waals surface area (Å²) in [4.78, 5) is 11.3. The molecule has 2 heteroatoms. The zero-order valence-corrected chi connectivity index (χ0v) is 7.76. The maximum atomic E-state index is 11.3. The summed E-state index contributed by atoms with van der Waals surface area (Å²) in [7, 11) is 0. The van der Waals surface area contributed by atoms with Gasteiger partial charge in [-0.25, -0.2) is 0 Å². The first-order chi connectivity index (χ1) is 5.66. The number of allylic oxidation sites excluding steroid dienone is 1. The largest absolute Gasteiger partial charge is 0.396 e. The SMILES string of the molecule is CC(=C1CCCC1=O)C(C)CO. The van der Waals surface area contributed by atoms with Crippen LogP contribution in [-0.4, -0.2) is 17.5 Å². The number of ketones is 1. The van der Waals surface area contributed by atoms with Crippen molar-refractivity contribution in [3.8, 4) is 0 Å². The molecule has 0 bridgehead atoms. The van der Waals surface area contributed by atoms with E-state index < -0.39 is 0 Å². The van der Waals surface area contributed by atoms with E-state index in [1.807, 2.05) is 13.8 Å². The second-order valence-corrected chi connectivity index (χ2v) is 3.52. The van der Waals surface area contributed by atoms with Gasteiger partial charge in [-0.05, 0) is 25.3 Å². The standard InChI is InChI=1S/C10H16O2/c1-7(6-11)8(2)9-4-3-5-10(9)12/h7,11H,3-6H2,1-2H3. The molecule has 68 valence electrons. The number of rotatable bonds is 2. The molecule has 1 N–H and O–H groups in total. The Balaban J connectivity index is 2.81. The van der Waals surface area contributed by atoms with Crippen molar-refractivity contribution in [1.29, 1.82) is 0 Å². The van der Waals surface area contributed by atoms with E-state index in [-0.39, 0.29) is 18.3 Å².